The number of para-hydroxylation sites is 1. The first-order valence-corrected chi connectivity index (χ1v) is 9.61. The number of halogens is 3. The Morgan fingerprint density at radius 2 is 1.68 bits per heavy atom. The molecule has 3 nitrogen and oxygen atoms in total. The van der Waals surface area contributed by atoms with E-state index in [4.69, 9.17) is 4.74 Å². The van der Waals surface area contributed by atoms with Crippen molar-refractivity contribution in [1.29, 1.82) is 0 Å². The summed E-state index contributed by atoms with van der Waals surface area (Å²) in [5.74, 6) is -0.621. The number of carbonyl (C=O) groups excluding carboxylic acids is 1. The number of nitrogens with zero attached hydrogens (tertiary/aromatic N) is 1. The molecular weight excluding hydrogens is 403 g/mol. The molecule has 0 aliphatic rings. The van der Waals surface area contributed by atoms with Gasteiger partial charge in [0.05, 0.1) is 22.3 Å². The number of esters is 1. The predicted octanol–water partition coefficient (Wildman–Crippen LogP) is 6.59. The molecule has 0 aliphatic heterocycles. The van der Waals surface area contributed by atoms with Crippen LogP contribution in [0.3, 0.4) is 0 Å². The third-order valence-corrected chi connectivity index (χ3v) is 4.91. The van der Waals surface area contributed by atoms with E-state index >= 15 is 0 Å². The topological polar surface area (TPSA) is 39.2 Å². The Morgan fingerprint density at radius 3 is 2.42 bits per heavy atom. The van der Waals surface area contributed by atoms with E-state index in [1.807, 2.05) is 37.3 Å². The summed E-state index contributed by atoms with van der Waals surface area (Å²) in [5, 5.41) is 0.618. The van der Waals surface area contributed by atoms with Crippen molar-refractivity contribution < 1.29 is 22.7 Å². The Morgan fingerprint density at radius 1 is 0.935 bits per heavy atom. The molecule has 156 valence electrons. The zero-order chi connectivity index (χ0) is 22.0. The molecule has 4 rings (SSSR count). The molecule has 0 amide bonds. The summed E-state index contributed by atoms with van der Waals surface area (Å²) in [6.45, 7) is 1.72. The van der Waals surface area contributed by atoms with Crippen LogP contribution in [0.4, 0.5) is 13.2 Å². The summed E-state index contributed by atoms with van der Waals surface area (Å²) >= 11 is 0. The van der Waals surface area contributed by atoms with Gasteiger partial charge >= 0.3 is 12.1 Å². The van der Waals surface area contributed by atoms with E-state index in [2.05, 4.69) is 4.98 Å². The van der Waals surface area contributed by atoms with Crippen LogP contribution in [0.2, 0.25) is 0 Å². The minimum absolute atomic E-state index is 0.264. The molecule has 0 bridgehead atoms. The molecule has 3 aromatic carbocycles. The highest BCUT2D eigenvalue weighted by Gasteiger charge is 2.30. The van der Waals surface area contributed by atoms with Crippen molar-refractivity contribution >= 4 is 16.9 Å². The standard InChI is InChI=1S/C25H18F3NO2/c1-16-9-11-18(12-10-16)23-14-21(20-7-2-3-8-22(20)29-23)24(30)31-15-17-5-4-6-19(13-17)25(26,27)28/h2-14H,15H2,1H3. The molecule has 1 heterocycles. The van der Waals surface area contributed by atoms with E-state index in [-0.39, 0.29) is 12.2 Å². The van der Waals surface area contributed by atoms with Crippen LogP contribution in [-0.4, -0.2) is 11.0 Å². The first-order chi connectivity index (χ1) is 14.8. The lowest BCUT2D eigenvalue weighted by atomic mass is 10.0. The molecular formula is C25H18F3NO2. The quantitative estimate of drug-likeness (QED) is 0.349. The first kappa shape index (κ1) is 20.6. The maximum absolute atomic E-state index is 12.9. The maximum atomic E-state index is 12.9. The minimum Gasteiger partial charge on any atom is -0.457 e. The van der Waals surface area contributed by atoms with Crippen LogP contribution in [0, 0.1) is 6.92 Å². The van der Waals surface area contributed by atoms with Gasteiger partial charge in [0.25, 0.3) is 0 Å². The van der Waals surface area contributed by atoms with Crippen molar-refractivity contribution in [2.75, 3.05) is 0 Å². The van der Waals surface area contributed by atoms with Gasteiger partial charge in [-0.05, 0) is 36.8 Å². The smallest absolute Gasteiger partial charge is 0.416 e. The van der Waals surface area contributed by atoms with Gasteiger partial charge in [-0.1, -0.05) is 60.2 Å². The third-order valence-electron chi connectivity index (χ3n) is 4.91. The van der Waals surface area contributed by atoms with Crippen molar-refractivity contribution in [2.24, 2.45) is 0 Å². The number of aryl methyl sites for hydroxylation is 1. The summed E-state index contributed by atoms with van der Waals surface area (Å²) in [4.78, 5) is 17.5. The number of carbonyl (C=O) groups is 1. The lowest BCUT2D eigenvalue weighted by molar-refractivity contribution is -0.137. The van der Waals surface area contributed by atoms with Crippen LogP contribution in [0.1, 0.15) is 27.0 Å². The van der Waals surface area contributed by atoms with Gasteiger partial charge in [-0.3, -0.25) is 0 Å². The van der Waals surface area contributed by atoms with Gasteiger partial charge in [-0.2, -0.15) is 13.2 Å². The van der Waals surface area contributed by atoms with Crippen LogP contribution < -0.4 is 0 Å². The Labute approximate surface area is 177 Å². The predicted molar refractivity (Wildman–Crippen MR) is 112 cm³/mol. The number of benzene rings is 3. The highest BCUT2D eigenvalue weighted by Crippen LogP contribution is 2.30. The molecule has 1 aromatic heterocycles. The monoisotopic (exact) mass is 421 g/mol. The molecule has 0 saturated heterocycles. The summed E-state index contributed by atoms with van der Waals surface area (Å²) in [6, 6.07) is 21.3. The molecule has 4 aromatic rings. The third kappa shape index (κ3) is 4.58. The second-order valence-electron chi connectivity index (χ2n) is 7.21. The molecule has 0 radical (unpaired) electrons. The summed E-state index contributed by atoms with van der Waals surface area (Å²) in [5.41, 5.74) is 3.00. The normalized spacial score (nSPS) is 11.5. The van der Waals surface area contributed by atoms with Crippen molar-refractivity contribution in [3.63, 3.8) is 0 Å². The molecule has 0 N–H and O–H groups in total. The number of pyridine rings is 1. The molecule has 0 fully saturated rings. The van der Waals surface area contributed by atoms with Crippen molar-refractivity contribution in [2.45, 2.75) is 19.7 Å². The van der Waals surface area contributed by atoms with Gasteiger partial charge in [-0.25, -0.2) is 9.78 Å². The molecule has 31 heavy (non-hydrogen) atoms. The highest BCUT2D eigenvalue weighted by atomic mass is 19.4. The van der Waals surface area contributed by atoms with Crippen LogP contribution in [0.25, 0.3) is 22.2 Å². The zero-order valence-corrected chi connectivity index (χ0v) is 16.6. The van der Waals surface area contributed by atoms with Crippen molar-refractivity contribution in [1.82, 2.24) is 4.98 Å². The largest absolute Gasteiger partial charge is 0.457 e. The fourth-order valence-electron chi connectivity index (χ4n) is 3.28. The average molecular weight is 421 g/mol. The van der Waals surface area contributed by atoms with Gasteiger partial charge in [-0.15, -0.1) is 0 Å². The fraction of sp³-hybridized carbons (Fsp3) is 0.120. The Bertz CT molecular complexity index is 1250. The van der Waals surface area contributed by atoms with Crippen LogP contribution in [0.15, 0.2) is 78.9 Å². The SMILES string of the molecule is Cc1ccc(-c2cc(C(=O)OCc3cccc(C(F)(F)F)c3)c3ccccc3n2)cc1. The Hall–Kier alpha value is -3.67. The van der Waals surface area contributed by atoms with E-state index in [1.54, 1.807) is 24.3 Å². The molecule has 0 unspecified atom stereocenters. The second kappa shape index (κ2) is 8.22. The van der Waals surface area contributed by atoms with Gasteiger partial charge in [0, 0.05) is 10.9 Å². The molecule has 6 heteroatoms. The number of hydrogen-bond acceptors (Lipinski definition) is 3. The van der Waals surface area contributed by atoms with Crippen molar-refractivity contribution in [3.05, 3.63) is 101 Å². The number of aromatic nitrogens is 1. The summed E-state index contributed by atoms with van der Waals surface area (Å²) in [7, 11) is 0. The Kier molecular flexibility index (Phi) is 5.46. The molecule has 0 aliphatic carbocycles. The van der Waals surface area contributed by atoms with Gasteiger partial charge in [0.1, 0.15) is 6.61 Å². The lowest BCUT2D eigenvalue weighted by Gasteiger charge is -2.12. The van der Waals surface area contributed by atoms with E-state index in [0.29, 0.717) is 22.2 Å². The molecule has 0 atom stereocenters. The van der Waals surface area contributed by atoms with Crippen molar-refractivity contribution in [3.8, 4) is 11.3 Å². The van der Waals surface area contributed by atoms with Gasteiger partial charge in [0.2, 0.25) is 0 Å². The number of rotatable bonds is 4. The fourth-order valence-corrected chi connectivity index (χ4v) is 3.28. The Balaban J connectivity index is 1.65. The van der Waals surface area contributed by atoms with Gasteiger partial charge in [0.15, 0.2) is 0 Å². The second-order valence-corrected chi connectivity index (χ2v) is 7.21. The van der Waals surface area contributed by atoms with Gasteiger partial charge < -0.3 is 4.74 Å². The van der Waals surface area contributed by atoms with E-state index in [0.717, 1.165) is 23.3 Å². The van der Waals surface area contributed by atoms with Crippen LogP contribution in [-0.2, 0) is 17.5 Å². The van der Waals surface area contributed by atoms with E-state index < -0.39 is 17.7 Å². The van der Waals surface area contributed by atoms with E-state index in [9.17, 15) is 18.0 Å². The lowest BCUT2D eigenvalue weighted by Crippen LogP contribution is -2.09. The maximum Gasteiger partial charge on any atom is 0.416 e. The number of fused-ring (bicyclic) bond motifs is 1. The molecule has 0 saturated carbocycles. The molecule has 0 spiro atoms. The number of alkyl halides is 3. The minimum atomic E-state index is -4.45. The highest BCUT2D eigenvalue weighted by molar-refractivity contribution is 6.04. The average Bonchev–Trinajstić information content (AvgIpc) is 2.77. The summed E-state index contributed by atoms with van der Waals surface area (Å²) in [6.07, 6.45) is -4.45. The van der Waals surface area contributed by atoms with Crippen LogP contribution >= 0.6 is 0 Å². The summed E-state index contributed by atoms with van der Waals surface area (Å²) < 4.78 is 44.1. The van der Waals surface area contributed by atoms with E-state index in [1.165, 1.54) is 12.1 Å². The first-order valence-electron chi connectivity index (χ1n) is 9.61. The number of hydrogen-bond donors (Lipinski definition) is 0. The number of ether oxygens (including phenoxy) is 1. The zero-order valence-electron chi connectivity index (χ0n) is 16.6. The van der Waals surface area contributed by atoms with Crippen LogP contribution in [0.5, 0.6) is 0 Å².